The highest BCUT2D eigenvalue weighted by Crippen LogP contribution is 2.11. The number of hydrogen-bond acceptors (Lipinski definition) is 3. The van der Waals surface area contributed by atoms with E-state index in [1.165, 1.54) is 0 Å². The molecule has 2 N–H and O–H groups in total. The zero-order chi connectivity index (χ0) is 12.2. The Kier molecular flexibility index (Phi) is 4.37. The molecule has 1 aromatic carbocycles. The lowest BCUT2D eigenvalue weighted by Crippen LogP contribution is -2.19. The van der Waals surface area contributed by atoms with Crippen LogP contribution in [0, 0.1) is 11.6 Å². The molecular formula is C10H13F2NO2S. The van der Waals surface area contributed by atoms with Crippen molar-refractivity contribution in [1.29, 1.82) is 0 Å². The van der Waals surface area contributed by atoms with Gasteiger partial charge in [-0.25, -0.2) is 17.2 Å². The van der Waals surface area contributed by atoms with Crippen LogP contribution in [0.2, 0.25) is 0 Å². The molecule has 0 radical (unpaired) electrons. The molecule has 0 amide bonds. The second-order valence-corrected chi connectivity index (χ2v) is 5.73. The fraction of sp³-hybridized carbons (Fsp3) is 0.400. The first-order chi connectivity index (χ1) is 7.44. The fourth-order valence-corrected chi connectivity index (χ4v) is 2.38. The van der Waals surface area contributed by atoms with Crippen molar-refractivity contribution in [3.63, 3.8) is 0 Å². The topological polar surface area (TPSA) is 60.2 Å². The van der Waals surface area contributed by atoms with E-state index in [2.05, 4.69) is 0 Å². The number of hydrogen-bond donors (Lipinski definition) is 1. The molecule has 0 aliphatic rings. The minimum absolute atomic E-state index is 0.0357. The monoisotopic (exact) mass is 249 g/mol. The largest absolute Gasteiger partial charge is 0.329 e. The Bertz CT molecular complexity index is 460. The molecule has 3 nitrogen and oxygen atoms in total. The summed E-state index contributed by atoms with van der Waals surface area (Å²) in [6.07, 6.45) is -0.0358. The molecule has 0 heterocycles. The molecule has 0 spiro atoms. The van der Waals surface area contributed by atoms with Crippen LogP contribution in [0.25, 0.3) is 0 Å². The molecular weight excluding hydrogens is 236 g/mol. The van der Waals surface area contributed by atoms with Crippen molar-refractivity contribution < 1.29 is 17.2 Å². The molecule has 0 atom stereocenters. The van der Waals surface area contributed by atoms with Gasteiger partial charge in [0.25, 0.3) is 0 Å². The average molecular weight is 249 g/mol. The zero-order valence-corrected chi connectivity index (χ0v) is 9.43. The molecule has 6 heteroatoms. The predicted octanol–water partition coefficient (Wildman–Crippen LogP) is 0.881. The van der Waals surface area contributed by atoms with Crippen molar-refractivity contribution in [2.75, 3.05) is 18.1 Å². The van der Waals surface area contributed by atoms with Gasteiger partial charge in [0.2, 0.25) is 0 Å². The van der Waals surface area contributed by atoms with Crippen LogP contribution in [0.3, 0.4) is 0 Å². The minimum atomic E-state index is -3.27. The van der Waals surface area contributed by atoms with Gasteiger partial charge in [0.1, 0.15) is 11.6 Å². The Morgan fingerprint density at radius 3 is 2.50 bits per heavy atom. The number of rotatable bonds is 5. The summed E-state index contributed by atoms with van der Waals surface area (Å²) in [5, 5.41) is 0. The summed E-state index contributed by atoms with van der Waals surface area (Å²) >= 11 is 0. The number of aryl methyl sites for hydroxylation is 1. The lowest BCUT2D eigenvalue weighted by molar-refractivity contribution is 0.581. The third-order valence-electron chi connectivity index (χ3n) is 2.12. The van der Waals surface area contributed by atoms with Gasteiger partial charge in [-0.2, -0.15) is 0 Å². The highest BCUT2D eigenvalue weighted by atomic mass is 32.2. The van der Waals surface area contributed by atoms with Crippen molar-refractivity contribution in [3.05, 3.63) is 35.4 Å². The summed E-state index contributed by atoms with van der Waals surface area (Å²) in [5.74, 6) is -1.52. The van der Waals surface area contributed by atoms with Crippen molar-refractivity contribution in [2.24, 2.45) is 5.73 Å². The predicted molar refractivity (Wildman–Crippen MR) is 57.8 cm³/mol. The smallest absolute Gasteiger partial charge is 0.151 e. The summed E-state index contributed by atoms with van der Waals surface area (Å²) in [7, 11) is -3.27. The van der Waals surface area contributed by atoms with Crippen molar-refractivity contribution in [3.8, 4) is 0 Å². The molecule has 1 aromatic rings. The van der Waals surface area contributed by atoms with Crippen LogP contribution in [0.4, 0.5) is 8.78 Å². The molecule has 0 aliphatic heterocycles. The second kappa shape index (κ2) is 5.36. The van der Waals surface area contributed by atoms with E-state index in [1.807, 2.05) is 0 Å². The maximum absolute atomic E-state index is 13.1. The van der Waals surface area contributed by atoms with E-state index in [0.717, 1.165) is 18.2 Å². The van der Waals surface area contributed by atoms with Gasteiger partial charge in [0.15, 0.2) is 9.84 Å². The van der Waals surface area contributed by atoms with Crippen LogP contribution in [0.1, 0.15) is 5.56 Å². The Labute approximate surface area is 93.2 Å². The van der Waals surface area contributed by atoms with Gasteiger partial charge in [0, 0.05) is 6.54 Å². The van der Waals surface area contributed by atoms with Gasteiger partial charge in [-0.1, -0.05) is 0 Å². The molecule has 0 saturated heterocycles. The van der Waals surface area contributed by atoms with E-state index < -0.39 is 21.5 Å². The summed E-state index contributed by atoms with van der Waals surface area (Å²) in [4.78, 5) is 0. The van der Waals surface area contributed by atoms with E-state index in [1.54, 1.807) is 0 Å². The van der Waals surface area contributed by atoms with Gasteiger partial charge in [0.05, 0.1) is 11.5 Å². The number of sulfone groups is 1. The van der Waals surface area contributed by atoms with E-state index in [4.69, 9.17) is 5.73 Å². The Balaban J connectivity index is 2.71. The maximum atomic E-state index is 13.1. The first-order valence-electron chi connectivity index (χ1n) is 4.79. The second-order valence-electron chi connectivity index (χ2n) is 3.43. The van der Waals surface area contributed by atoms with Crippen LogP contribution in [-0.4, -0.2) is 26.5 Å². The summed E-state index contributed by atoms with van der Waals surface area (Å²) in [6.45, 7) is 0.0357. The molecule has 16 heavy (non-hydrogen) atoms. The minimum Gasteiger partial charge on any atom is -0.329 e. The van der Waals surface area contributed by atoms with E-state index in [9.17, 15) is 17.2 Å². The lowest BCUT2D eigenvalue weighted by Gasteiger charge is -2.04. The summed E-state index contributed by atoms with van der Waals surface area (Å²) in [6, 6.07) is 2.99. The van der Waals surface area contributed by atoms with Gasteiger partial charge in [-0.05, 0) is 30.2 Å². The van der Waals surface area contributed by atoms with E-state index in [0.29, 0.717) is 0 Å². The third kappa shape index (κ3) is 3.86. The quantitative estimate of drug-likeness (QED) is 0.842. The molecule has 0 unspecified atom stereocenters. The number of benzene rings is 1. The Hall–Kier alpha value is -1.01. The zero-order valence-electron chi connectivity index (χ0n) is 8.62. The molecule has 0 aromatic heterocycles. The molecule has 0 aliphatic carbocycles. The van der Waals surface area contributed by atoms with E-state index >= 15 is 0 Å². The molecule has 0 fully saturated rings. The fourth-order valence-electron chi connectivity index (χ4n) is 1.28. The Morgan fingerprint density at radius 2 is 1.88 bits per heavy atom. The van der Waals surface area contributed by atoms with E-state index in [-0.39, 0.29) is 30.0 Å². The maximum Gasteiger partial charge on any atom is 0.151 e. The molecule has 1 rings (SSSR count). The van der Waals surface area contributed by atoms with Gasteiger partial charge in [-0.3, -0.25) is 0 Å². The van der Waals surface area contributed by atoms with Crippen LogP contribution < -0.4 is 5.73 Å². The molecule has 90 valence electrons. The third-order valence-corrected chi connectivity index (χ3v) is 3.80. The number of halogens is 2. The van der Waals surface area contributed by atoms with Crippen LogP contribution in [-0.2, 0) is 16.3 Å². The molecule has 0 bridgehead atoms. The van der Waals surface area contributed by atoms with Crippen LogP contribution in [0.5, 0.6) is 0 Å². The van der Waals surface area contributed by atoms with Gasteiger partial charge in [-0.15, -0.1) is 0 Å². The first-order valence-corrected chi connectivity index (χ1v) is 6.61. The Morgan fingerprint density at radius 1 is 1.19 bits per heavy atom. The SMILES string of the molecule is NCCS(=O)(=O)CCc1cc(F)ccc1F. The lowest BCUT2D eigenvalue weighted by atomic mass is 10.1. The highest BCUT2D eigenvalue weighted by Gasteiger charge is 2.12. The first kappa shape index (κ1) is 13.1. The highest BCUT2D eigenvalue weighted by molar-refractivity contribution is 7.91. The van der Waals surface area contributed by atoms with Gasteiger partial charge >= 0.3 is 0 Å². The van der Waals surface area contributed by atoms with Crippen molar-refractivity contribution in [2.45, 2.75) is 6.42 Å². The van der Waals surface area contributed by atoms with Crippen LogP contribution in [0.15, 0.2) is 18.2 Å². The van der Waals surface area contributed by atoms with Crippen LogP contribution >= 0.6 is 0 Å². The average Bonchev–Trinajstić information content (AvgIpc) is 2.19. The number of nitrogens with two attached hydrogens (primary N) is 1. The summed E-state index contributed by atoms with van der Waals surface area (Å²) in [5.41, 5.74) is 5.19. The standard InChI is InChI=1S/C10H13F2NO2S/c11-9-1-2-10(12)8(7-9)3-5-16(14,15)6-4-13/h1-2,7H,3-6,13H2. The van der Waals surface area contributed by atoms with Crippen molar-refractivity contribution in [1.82, 2.24) is 0 Å². The van der Waals surface area contributed by atoms with Crippen molar-refractivity contribution >= 4 is 9.84 Å². The summed E-state index contributed by atoms with van der Waals surface area (Å²) < 4.78 is 48.5. The molecule has 0 saturated carbocycles. The normalized spacial score (nSPS) is 11.7. The van der Waals surface area contributed by atoms with Gasteiger partial charge < -0.3 is 5.73 Å².